The van der Waals surface area contributed by atoms with Crippen LogP contribution in [0.2, 0.25) is 0 Å². The summed E-state index contributed by atoms with van der Waals surface area (Å²) in [6, 6.07) is 12.0. The van der Waals surface area contributed by atoms with Crippen LogP contribution in [-0.2, 0) is 21.2 Å². The Balaban J connectivity index is 1.83. The SMILES string of the molecule is O=C(C(Cc1ccccc1)NS(=O)(=O)c1ccc(Br)s1)N1CCCCCC1. The van der Waals surface area contributed by atoms with Gasteiger partial charge in [-0.3, -0.25) is 4.79 Å². The second kappa shape index (κ2) is 9.32. The number of halogens is 1. The van der Waals surface area contributed by atoms with Gasteiger partial charge in [0.05, 0.1) is 3.79 Å². The van der Waals surface area contributed by atoms with Crippen molar-refractivity contribution in [2.45, 2.75) is 42.4 Å². The second-order valence-corrected chi connectivity index (χ2v) is 11.1. The number of amides is 1. The molecule has 1 amide bonds. The molecule has 0 spiro atoms. The number of hydrogen-bond donors (Lipinski definition) is 1. The predicted octanol–water partition coefficient (Wildman–Crippen LogP) is 3.80. The van der Waals surface area contributed by atoms with Crippen LogP contribution in [0.5, 0.6) is 0 Å². The number of likely N-dealkylation sites (tertiary alicyclic amines) is 1. The Hall–Kier alpha value is -1.22. The maximum atomic E-state index is 13.2. The van der Waals surface area contributed by atoms with E-state index in [1.54, 1.807) is 12.1 Å². The fraction of sp³-hybridized carbons (Fsp3) is 0.421. The fourth-order valence-electron chi connectivity index (χ4n) is 3.23. The lowest BCUT2D eigenvalue weighted by atomic mass is 10.1. The van der Waals surface area contributed by atoms with Crippen molar-refractivity contribution in [3.8, 4) is 0 Å². The molecule has 0 aliphatic carbocycles. The lowest BCUT2D eigenvalue weighted by Crippen LogP contribution is -2.49. The Morgan fingerprint density at radius 1 is 1.07 bits per heavy atom. The summed E-state index contributed by atoms with van der Waals surface area (Å²) in [5.74, 6) is -0.139. The van der Waals surface area contributed by atoms with Gasteiger partial charge < -0.3 is 4.90 Å². The Bertz CT molecular complexity index is 860. The van der Waals surface area contributed by atoms with Crippen molar-refractivity contribution < 1.29 is 13.2 Å². The fourth-order valence-corrected chi connectivity index (χ4v) is 6.44. The van der Waals surface area contributed by atoms with Gasteiger partial charge in [-0.15, -0.1) is 11.3 Å². The first-order chi connectivity index (χ1) is 13.0. The summed E-state index contributed by atoms with van der Waals surface area (Å²) in [7, 11) is -3.76. The zero-order chi connectivity index (χ0) is 19.3. The first-order valence-corrected chi connectivity index (χ1v) is 12.2. The van der Waals surface area contributed by atoms with E-state index in [0.717, 1.165) is 46.4 Å². The van der Waals surface area contributed by atoms with Crippen molar-refractivity contribution >= 4 is 43.2 Å². The smallest absolute Gasteiger partial charge is 0.250 e. The molecule has 0 radical (unpaired) electrons. The van der Waals surface area contributed by atoms with E-state index < -0.39 is 16.1 Å². The minimum absolute atomic E-state index is 0.139. The summed E-state index contributed by atoms with van der Waals surface area (Å²) >= 11 is 4.43. The number of sulfonamides is 1. The third kappa shape index (κ3) is 5.63. The Morgan fingerprint density at radius 3 is 2.33 bits per heavy atom. The molecule has 0 saturated carbocycles. The molecule has 8 heteroatoms. The number of rotatable bonds is 6. The molecule has 1 aliphatic rings. The van der Waals surface area contributed by atoms with Crippen LogP contribution in [0.25, 0.3) is 0 Å². The molecule has 1 atom stereocenters. The van der Waals surface area contributed by atoms with Crippen LogP contribution < -0.4 is 4.72 Å². The van der Waals surface area contributed by atoms with E-state index in [1.165, 1.54) is 0 Å². The van der Waals surface area contributed by atoms with E-state index in [4.69, 9.17) is 0 Å². The van der Waals surface area contributed by atoms with E-state index in [2.05, 4.69) is 20.7 Å². The zero-order valence-corrected chi connectivity index (χ0v) is 18.2. The molecule has 2 aromatic rings. The molecule has 146 valence electrons. The highest BCUT2D eigenvalue weighted by Crippen LogP contribution is 2.26. The van der Waals surface area contributed by atoms with Crippen LogP contribution in [0.4, 0.5) is 0 Å². The average Bonchev–Trinajstić information content (AvgIpc) is 2.93. The maximum absolute atomic E-state index is 13.2. The van der Waals surface area contributed by atoms with Gasteiger partial charge in [-0.1, -0.05) is 43.2 Å². The molecule has 0 bridgehead atoms. The van der Waals surface area contributed by atoms with Gasteiger partial charge in [0.2, 0.25) is 5.91 Å². The van der Waals surface area contributed by atoms with Gasteiger partial charge >= 0.3 is 0 Å². The average molecular weight is 471 g/mol. The molecule has 1 aromatic carbocycles. The van der Waals surface area contributed by atoms with Crippen LogP contribution in [0, 0.1) is 0 Å². The monoisotopic (exact) mass is 470 g/mol. The third-order valence-corrected chi connectivity index (χ3v) is 8.20. The number of carbonyl (C=O) groups is 1. The van der Waals surface area contributed by atoms with Gasteiger partial charge in [-0.05, 0) is 52.9 Å². The maximum Gasteiger partial charge on any atom is 0.250 e. The minimum atomic E-state index is -3.76. The molecular formula is C19H23BrN2O3S2. The first-order valence-electron chi connectivity index (χ1n) is 9.06. The first kappa shape index (κ1) is 20.5. The third-order valence-electron chi connectivity index (χ3n) is 4.61. The molecule has 1 fully saturated rings. The zero-order valence-electron chi connectivity index (χ0n) is 14.9. The highest BCUT2D eigenvalue weighted by molar-refractivity contribution is 9.11. The highest BCUT2D eigenvalue weighted by Gasteiger charge is 2.30. The van der Waals surface area contributed by atoms with Crippen LogP contribution in [0.15, 0.2) is 50.5 Å². The summed E-state index contributed by atoms with van der Waals surface area (Å²) in [4.78, 5) is 15.0. The van der Waals surface area contributed by atoms with Crippen LogP contribution in [0.1, 0.15) is 31.2 Å². The number of thiophene rings is 1. The Morgan fingerprint density at radius 2 is 1.74 bits per heavy atom. The van der Waals surface area contributed by atoms with Crippen LogP contribution >= 0.6 is 27.3 Å². The van der Waals surface area contributed by atoms with Crippen molar-refractivity contribution in [2.75, 3.05) is 13.1 Å². The van der Waals surface area contributed by atoms with Gasteiger partial charge in [-0.2, -0.15) is 4.72 Å². The topological polar surface area (TPSA) is 66.5 Å². The van der Waals surface area contributed by atoms with Crippen molar-refractivity contribution in [3.05, 3.63) is 51.8 Å². The molecule has 1 N–H and O–H groups in total. The molecule has 3 rings (SSSR count). The highest BCUT2D eigenvalue weighted by atomic mass is 79.9. The Kier molecular flexibility index (Phi) is 7.08. The summed E-state index contributed by atoms with van der Waals surface area (Å²) in [5.41, 5.74) is 0.931. The molecule has 27 heavy (non-hydrogen) atoms. The Labute approximate surface area is 173 Å². The second-order valence-electron chi connectivity index (χ2n) is 6.66. The quantitative estimate of drug-likeness (QED) is 0.697. The normalized spacial score (nSPS) is 16.7. The summed E-state index contributed by atoms with van der Waals surface area (Å²) in [6.07, 6.45) is 4.49. The number of nitrogens with zero attached hydrogens (tertiary/aromatic N) is 1. The van der Waals surface area contributed by atoms with Crippen LogP contribution in [0.3, 0.4) is 0 Å². The summed E-state index contributed by atoms with van der Waals surface area (Å²) in [5, 5.41) is 0. The van der Waals surface area contributed by atoms with Gasteiger partial charge in [0.15, 0.2) is 0 Å². The molecule has 1 aromatic heterocycles. The number of hydrogen-bond acceptors (Lipinski definition) is 4. The largest absolute Gasteiger partial charge is 0.341 e. The lowest BCUT2D eigenvalue weighted by molar-refractivity contribution is -0.132. The number of nitrogens with one attached hydrogen (secondary N) is 1. The molecular weight excluding hydrogens is 448 g/mol. The molecule has 2 heterocycles. The van der Waals surface area contributed by atoms with E-state index in [9.17, 15) is 13.2 Å². The molecule has 1 aliphatic heterocycles. The van der Waals surface area contributed by atoms with Gasteiger partial charge in [0.25, 0.3) is 10.0 Å². The molecule has 5 nitrogen and oxygen atoms in total. The van der Waals surface area contributed by atoms with E-state index in [-0.39, 0.29) is 10.1 Å². The summed E-state index contributed by atoms with van der Waals surface area (Å²) < 4.78 is 29.2. The summed E-state index contributed by atoms with van der Waals surface area (Å²) in [6.45, 7) is 1.38. The minimum Gasteiger partial charge on any atom is -0.341 e. The van der Waals surface area contributed by atoms with Crippen molar-refractivity contribution in [1.82, 2.24) is 9.62 Å². The molecule has 1 saturated heterocycles. The molecule has 1 unspecified atom stereocenters. The van der Waals surface area contributed by atoms with Gasteiger partial charge in [-0.25, -0.2) is 8.42 Å². The van der Waals surface area contributed by atoms with E-state index >= 15 is 0 Å². The predicted molar refractivity (Wildman–Crippen MR) is 111 cm³/mol. The van der Waals surface area contributed by atoms with Crippen molar-refractivity contribution in [2.24, 2.45) is 0 Å². The lowest BCUT2D eigenvalue weighted by Gasteiger charge is -2.26. The standard InChI is InChI=1S/C19H23BrN2O3S2/c20-17-10-11-18(26-17)27(24,25)21-16(14-15-8-4-3-5-9-15)19(23)22-12-6-1-2-7-13-22/h3-5,8-11,16,21H,1-2,6-7,12-14H2. The van der Waals surface area contributed by atoms with Crippen molar-refractivity contribution in [3.63, 3.8) is 0 Å². The number of carbonyl (C=O) groups excluding carboxylic acids is 1. The van der Waals surface area contributed by atoms with Crippen molar-refractivity contribution in [1.29, 1.82) is 0 Å². The van der Waals surface area contributed by atoms with E-state index in [1.807, 2.05) is 35.2 Å². The number of benzene rings is 1. The van der Waals surface area contributed by atoms with Gasteiger partial charge in [0, 0.05) is 13.1 Å². The van der Waals surface area contributed by atoms with Gasteiger partial charge in [0.1, 0.15) is 10.3 Å². The van der Waals surface area contributed by atoms with E-state index in [0.29, 0.717) is 19.5 Å². The van der Waals surface area contributed by atoms with Crippen LogP contribution in [-0.4, -0.2) is 38.4 Å².